The molecule has 3 amide bonds. The van der Waals surface area contributed by atoms with Gasteiger partial charge in [0.2, 0.25) is 5.91 Å². The van der Waals surface area contributed by atoms with Crippen molar-refractivity contribution in [3.8, 4) is 0 Å². The van der Waals surface area contributed by atoms with Crippen molar-refractivity contribution in [3.63, 3.8) is 0 Å². The zero-order valence-electron chi connectivity index (χ0n) is 16.8. The van der Waals surface area contributed by atoms with Gasteiger partial charge in [-0.3, -0.25) is 4.79 Å². The number of carbonyl (C=O) groups is 2. The molecule has 3 aromatic rings. The molecule has 8 heteroatoms. The normalized spacial score (nSPS) is 12.0. The Kier molecular flexibility index (Phi) is 7.24. The lowest BCUT2D eigenvalue weighted by Gasteiger charge is -2.20. The van der Waals surface area contributed by atoms with Gasteiger partial charge < -0.3 is 20.9 Å². The number of aromatic nitrogens is 1. The van der Waals surface area contributed by atoms with Crippen molar-refractivity contribution in [1.29, 1.82) is 0 Å². The predicted octanol–water partition coefficient (Wildman–Crippen LogP) is 4.43. The third-order valence-corrected chi connectivity index (χ3v) is 5.22. The van der Waals surface area contributed by atoms with Crippen LogP contribution < -0.4 is 16.0 Å². The molecule has 0 saturated heterocycles. The van der Waals surface area contributed by atoms with Gasteiger partial charge >= 0.3 is 6.03 Å². The summed E-state index contributed by atoms with van der Waals surface area (Å²) in [5, 5.41) is 10.3. The van der Waals surface area contributed by atoms with Gasteiger partial charge in [0.15, 0.2) is 0 Å². The van der Waals surface area contributed by atoms with Gasteiger partial charge in [-0.2, -0.15) is 0 Å². The number of amides is 3. The van der Waals surface area contributed by atoms with Crippen LogP contribution in [-0.2, 0) is 4.79 Å². The van der Waals surface area contributed by atoms with Gasteiger partial charge in [0.05, 0.1) is 6.54 Å². The lowest BCUT2D eigenvalue weighted by molar-refractivity contribution is -0.120. The Bertz CT molecular complexity index is 1050. The fourth-order valence-electron chi connectivity index (χ4n) is 3.34. The summed E-state index contributed by atoms with van der Waals surface area (Å²) in [6.07, 6.45) is 1.93. The summed E-state index contributed by atoms with van der Waals surface area (Å²) in [5.41, 5.74) is 2.86. The number of rotatable bonds is 7. The molecule has 1 unspecified atom stereocenters. The number of nitrogens with one attached hydrogen (secondary N) is 4. The molecule has 0 aliphatic heterocycles. The lowest BCUT2D eigenvalue weighted by Crippen LogP contribution is -2.44. The van der Waals surface area contributed by atoms with Crippen molar-refractivity contribution in [3.05, 3.63) is 69.8 Å². The highest BCUT2D eigenvalue weighted by atomic mass is 35.5. The minimum absolute atomic E-state index is 0.0145. The van der Waals surface area contributed by atoms with Gasteiger partial charge in [-0.15, -0.1) is 0 Å². The summed E-state index contributed by atoms with van der Waals surface area (Å²) in [4.78, 5) is 27.3. The SMILES string of the molecule is CC(C)NC(=O)CNC(=O)NCC(c1ccc(Cl)cc1Cl)c1c[nH]c2ccccc12. The highest BCUT2D eigenvalue weighted by Crippen LogP contribution is 2.35. The van der Waals surface area contributed by atoms with Crippen LogP contribution in [-0.4, -0.2) is 36.1 Å². The smallest absolute Gasteiger partial charge is 0.315 e. The van der Waals surface area contributed by atoms with E-state index in [0.29, 0.717) is 16.6 Å². The van der Waals surface area contributed by atoms with E-state index in [1.165, 1.54) is 0 Å². The Morgan fingerprint density at radius 3 is 2.53 bits per heavy atom. The minimum atomic E-state index is -0.427. The van der Waals surface area contributed by atoms with Crippen molar-refractivity contribution in [2.24, 2.45) is 0 Å². The summed E-state index contributed by atoms with van der Waals surface area (Å²) in [5.74, 6) is -0.449. The Hall–Kier alpha value is -2.70. The maximum Gasteiger partial charge on any atom is 0.315 e. The summed E-state index contributed by atoms with van der Waals surface area (Å²) < 4.78 is 0. The number of benzene rings is 2. The number of carbonyl (C=O) groups excluding carboxylic acids is 2. The highest BCUT2D eigenvalue weighted by molar-refractivity contribution is 6.35. The minimum Gasteiger partial charge on any atom is -0.361 e. The van der Waals surface area contributed by atoms with E-state index in [9.17, 15) is 9.59 Å². The van der Waals surface area contributed by atoms with E-state index in [4.69, 9.17) is 23.2 Å². The first kappa shape index (κ1) is 22.0. The second-order valence-corrected chi connectivity index (χ2v) is 8.14. The molecule has 4 N–H and O–H groups in total. The number of fused-ring (bicyclic) bond motifs is 1. The molecule has 0 spiro atoms. The van der Waals surface area contributed by atoms with E-state index in [2.05, 4.69) is 20.9 Å². The Balaban J connectivity index is 1.79. The topological polar surface area (TPSA) is 86.0 Å². The molecule has 0 radical (unpaired) electrons. The molecule has 1 heterocycles. The number of para-hydroxylation sites is 1. The summed E-state index contributed by atoms with van der Waals surface area (Å²) >= 11 is 12.6. The van der Waals surface area contributed by atoms with Gasteiger partial charge in [0, 0.05) is 45.6 Å². The predicted molar refractivity (Wildman–Crippen MR) is 121 cm³/mol. The molecule has 1 atom stereocenters. The molecular formula is C22H24Cl2N4O2. The van der Waals surface area contributed by atoms with E-state index in [1.807, 2.05) is 50.4 Å². The maximum atomic E-state index is 12.3. The second kappa shape index (κ2) is 9.87. The van der Waals surface area contributed by atoms with Crippen LogP contribution in [0.4, 0.5) is 4.79 Å². The van der Waals surface area contributed by atoms with Crippen LogP contribution >= 0.6 is 23.2 Å². The van der Waals surface area contributed by atoms with E-state index in [-0.39, 0.29) is 24.4 Å². The van der Waals surface area contributed by atoms with Crippen molar-refractivity contribution in [2.75, 3.05) is 13.1 Å². The average Bonchev–Trinajstić information content (AvgIpc) is 3.11. The molecule has 0 fully saturated rings. The Morgan fingerprint density at radius 1 is 1.03 bits per heavy atom. The molecule has 2 aromatic carbocycles. The Labute approximate surface area is 185 Å². The van der Waals surface area contributed by atoms with Gasteiger partial charge in [-0.05, 0) is 43.2 Å². The number of hydrogen-bond donors (Lipinski definition) is 4. The van der Waals surface area contributed by atoms with Crippen molar-refractivity contribution >= 4 is 46.0 Å². The molecule has 3 rings (SSSR count). The fraction of sp³-hybridized carbons (Fsp3) is 0.273. The summed E-state index contributed by atoms with van der Waals surface area (Å²) in [6.45, 7) is 3.92. The van der Waals surface area contributed by atoms with E-state index in [1.54, 1.807) is 12.1 Å². The van der Waals surface area contributed by atoms with Crippen LogP contribution in [0.3, 0.4) is 0 Å². The molecule has 0 bridgehead atoms. The third kappa shape index (κ3) is 5.46. The van der Waals surface area contributed by atoms with Gasteiger partial charge in [0.1, 0.15) is 0 Å². The maximum absolute atomic E-state index is 12.3. The van der Waals surface area contributed by atoms with E-state index in [0.717, 1.165) is 22.0 Å². The molecule has 6 nitrogen and oxygen atoms in total. The largest absolute Gasteiger partial charge is 0.361 e. The third-order valence-electron chi connectivity index (χ3n) is 4.66. The number of aromatic amines is 1. The standard InChI is InChI=1S/C22H24Cl2N4O2/c1-13(2)28-21(29)12-27-22(30)26-11-17(15-8-7-14(23)9-19(15)24)18-10-25-20-6-4-3-5-16(18)20/h3-10,13,17,25H,11-12H2,1-2H3,(H,28,29)(H2,26,27,30). The number of urea groups is 1. The molecular weight excluding hydrogens is 423 g/mol. The Morgan fingerprint density at radius 2 is 1.80 bits per heavy atom. The lowest BCUT2D eigenvalue weighted by atomic mass is 9.91. The first-order valence-corrected chi connectivity index (χ1v) is 10.4. The van der Waals surface area contributed by atoms with Crippen LogP contribution in [0.1, 0.15) is 30.9 Å². The zero-order valence-corrected chi connectivity index (χ0v) is 18.3. The molecule has 0 aliphatic rings. The molecule has 1 aromatic heterocycles. The first-order valence-electron chi connectivity index (χ1n) is 9.67. The van der Waals surface area contributed by atoms with Crippen LogP contribution in [0.25, 0.3) is 10.9 Å². The second-order valence-electron chi connectivity index (χ2n) is 7.29. The molecule has 30 heavy (non-hydrogen) atoms. The first-order chi connectivity index (χ1) is 14.3. The van der Waals surface area contributed by atoms with E-state index >= 15 is 0 Å². The monoisotopic (exact) mass is 446 g/mol. The molecule has 158 valence electrons. The van der Waals surface area contributed by atoms with Crippen LogP contribution in [0.15, 0.2) is 48.7 Å². The van der Waals surface area contributed by atoms with Crippen molar-refractivity contribution in [1.82, 2.24) is 20.9 Å². The fourth-order valence-corrected chi connectivity index (χ4v) is 3.88. The zero-order chi connectivity index (χ0) is 21.7. The quantitative estimate of drug-likeness (QED) is 0.432. The number of halogens is 2. The average molecular weight is 447 g/mol. The van der Waals surface area contributed by atoms with Crippen LogP contribution in [0, 0.1) is 0 Å². The van der Waals surface area contributed by atoms with Crippen molar-refractivity contribution < 1.29 is 9.59 Å². The van der Waals surface area contributed by atoms with E-state index < -0.39 is 6.03 Å². The number of H-pyrrole nitrogens is 1. The molecule has 0 aliphatic carbocycles. The summed E-state index contributed by atoms with van der Waals surface area (Å²) in [7, 11) is 0. The number of hydrogen-bond acceptors (Lipinski definition) is 2. The van der Waals surface area contributed by atoms with Gasteiger partial charge in [-0.1, -0.05) is 47.5 Å². The van der Waals surface area contributed by atoms with Gasteiger partial charge in [0.25, 0.3) is 0 Å². The van der Waals surface area contributed by atoms with Gasteiger partial charge in [-0.25, -0.2) is 4.79 Å². The van der Waals surface area contributed by atoms with Crippen LogP contribution in [0.2, 0.25) is 10.0 Å². The highest BCUT2D eigenvalue weighted by Gasteiger charge is 2.21. The summed E-state index contributed by atoms with van der Waals surface area (Å²) in [6, 6.07) is 12.9. The van der Waals surface area contributed by atoms with Crippen molar-refractivity contribution in [2.45, 2.75) is 25.8 Å². The molecule has 0 saturated carbocycles. The van der Waals surface area contributed by atoms with Crippen LogP contribution in [0.5, 0.6) is 0 Å².